The molecular formula is C11H13N5O2S. The number of aromatic nitrogens is 1. The van der Waals surface area contributed by atoms with Crippen LogP contribution in [0, 0.1) is 0 Å². The van der Waals surface area contributed by atoms with Crippen LogP contribution in [0.25, 0.3) is 10.2 Å². The first-order chi connectivity index (χ1) is 8.99. The maximum absolute atomic E-state index is 11.1. The SMILES string of the molecule is NC(=O)CN(CC(N)=O)c1ccc2scnc2c1N. The zero-order valence-corrected chi connectivity index (χ0v) is 10.8. The van der Waals surface area contributed by atoms with Gasteiger partial charge in [0.05, 0.1) is 34.7 Å². The molecular weight excluding hydrogens is 266 g/mol. The molecule has 0 atom stereocenters. The number of benzene rings is 1. The summed E-state index contributed by atoms with van der Waals surface area (Å²) in [6.07, 6.45) is 0. The zero-order chi connectivity index (χ0) is 14.0. The molecule has 8 heteroatoms. The Bertz CT molecular complexity index is 623. The number of amides is 2. The Balaban J connectivity index is 2.45. The zero-order valence-electron chi connectivity index (χ0n) is 10.00. The Morgan fingerprint density at radius 1 is 1.21 bits per heavy atom. The van der Waals surface area contributed by atoms with Gasteiger partial charge >= 0.3 is 0 Å². The van der Waals surface area contributed by atoms with Crippen molar-refractivity contribution in [3.63, 3.8) is 0 Å². The van der Waals surface area contributed by atoms with Crippen molar-refractivity contribution in [2.75, 3.05) is 23.7 Å². The Labute approximate surface area is 113 Å². The number of anilines is 2. The first-order valence-electron chi connectivity index (χ1n) is 5.42. The number of nitrogen functional groups attached to an aromatic ring is 1. The highest BCUT2D eigenvalue weighted by atomic mass is 32.1. The van der Waals surface area contributed by atoms with Crippen molar-refractivity contribution < 1.29 is 9.59 Å². The van der Waals surface area contributed by atoms with Gasteiger partial charge < -0.3 is 22.1 Å². The van der Waals surface area contributed by atoms with E-state index >= 15 is 0 Å². The number of rotatable bonds is 5. The second-order valence-corrected chi connectivity index (χ2v) is 4.87. The predicted molar refractivity (Wildman–Crippen MR) is 74.6 cm³/mol. The third-order valence-corrected chi connectivity index (χ3v) is 3.35. The van der Waals surface area contributed by atoms with E-state index < -0.39 is 11.8 Å². The molecule has 100 valence electrons. The van der Waals surface area contributed by atoms with E-state index in [9.17, 15) is 9.59 Å². The summed E-state index contributed by atoms with van der Waals surface area (Å²) in [6, 6.07) is 3.55. The maximum Gasteiger partial charge on any atom is 0.236 e. The lowest BCUT2D eigenvalue weighted by molar-refractivity contribution is -0.117. The number of carbonyl (C=O) groups is 2. The van der Waals surface area contributed by atoms with E-state index in [1.54, 1.807) is 11.6 Å². The number of nitrogens with zero attached hydrogens (tertiary/aromatic N) is 2. The number of fused-ring (bicyclic) bond motifs is 1. The predicted octanol–water partition coefficient (Wildman–Crippen LogP) is -0.344. The van der Waals surface area contributed by atoms with Crippen molar-refractivity contribution in [3.05, 3.63) is 17.6 Å². The molecule has 0 fully saturated rings. The summed E-state index contributed by atoms with van der Waals surface area (Å²) in [5.41, 5.74) is 19.6. The van der Waals surface area contributed by atoms with Crippen LogP contribution in [0.1, 0.15) is 0 Å². The molecule has 2 rings (SSSR count). The minimum Gasteiger partial charge on any atom is -0.395 e. The van der Waals surface area contributed by atoms with Crippen LogP contribution in [0.2, 0.25) is 0 Å². The number of primary amides is 2. The summed E-state index contributed by atoms with van der Waals surface area (Å²) in [4.78, 5) is 27.7. The van der Waals surface area contributed by atoms with E-state index in [0.717, 1.165) is 4.70 Å². The Kier molecular flexibility index (Phi) is 3.52. The molecule has 1 heterocycles. The van der Waals surface area contributed by atoms with Gasteiger partial charge in [0, 0.05) is 0 Å². The van der Waals surface area contributed by atoms with E-state index in [1.165, 1.54) is 16.2 Å². The number of hydrogen-bond acceptors (Lipinski definition) is 6. The minimum absolute atomic E-state index is 0.136. The Morgan fingerprint density at radius 2 is 1.84 bits per heavy atom. The lowest BCUT2D eigenvalue weighted by atomic mass is 10.2. The largest absolute Gasteiger partial charge is 0.395 e. The molecule has 0 unspecified atom stereocenters. The molecule has 0 aliphatic carbocycles. The van der Waals surface area contributed by atoms with Crippen molar-refractivity contribution in [2.45, 2.75) is 0 Å². The smallest absolute Gasteiger partial charge is 0.236 e. The summed E-state index contributed by atoms with van der Waals surface area (Å²) >= 11 is 1.46. The number of thiazole rings is 1. The Hall–Kier alpha value is -2.35. The van der Waals surface area contributed by atoms with Crippen LogP contribution in [0.15, 0.2) is 17.6 Å². The summed E-state index contributed by atoms with van der Waals surface area (Å²) in [7, 11) is 0. The third kappa shape index (κ3) is 2.74. The highest BCUT2D eigenvalue weighted by Crippen LogP contribution is 2.32. The van der Waals surface area contributed by atoms with E-state index in [1.807, 2.05) is 6.07 Å². The minimum atomic E-state index is -0.570. The molecule has 19 heavy (non-hydrogen) atoms. The normalized spacial score (nSPS) is 10.5. The highest BCUT2D eigenvalue weighted by molar-refractivity contribution is 7.16. The number of hydrogen-bond donors (Lipinski definition) is 3. The summed E-state index contributed by atoms with van der Waals surface area (Å²) in [5.74, 6) is -1.14. The molecule has 0 bridgehead atoms. The number of carbonyl (C=O) groups excluding carboxylic acids is 2. The molecule has 6 N–H and O–H groups in total. The van der Waals surface area contributed by atoms with Crippen molar-refractivity contribution in [1.29, 1.82) is 0 Å². The van der Waals surface area contributed by atoms with Gasteiger partial charge in [-0.25, -0.2) is 4.98 Å². The van der Waals surface area contributed by atoms with E-state index in [0.29, 0.717) is 16.9 Å². The summed E-state index contributed by atoms with van der Waals surface area (Å²) < 4.78 is 0.930. The maximum atomic E-state index is 11.1. The van der Waals surface area contributed by atoms with Gasteiger partial charge in [-0.1, -0.05) is 0 Å². The van der Waals surface area contributed by atoms with Crippen LogP contribution in [0.4, 0.5) is 11.4 Å². The molecule has 0 saturated carbocycles. The van der Waals surface area contributed by atoms with Gasteiger partial charge in [-0.05, 0) is 12.1 Å². The van der Waals surface area contributed by atoms with E-state index in [2.05, 4.69) is 4.98 Å². The fraction of sp³-hybridized carbons (Fsp3) is 0.182. The fourth-order valence-corrected chi connectivity index (χ4v) is 2.51. The van der Waals surface area contributed by atoms with E-state index in [4.69, 9.17) is 17.2 Å². The second kappa shape index (κ2) is 5.11. The molecule has 0 saturated heterocycles. The standard InChI is InChI=1S/C11H13N5O2S/c12-8(17)3-16(4-9(13)18)6-1-2-7-11(10(6)14)15-5-19-7/h1-2,5H,3-4,14H2,(H2,12,17)(H2,13,18). The first-order valence-corrected chi connectivity index (χ1v) is 6.30. The average molecular weight is 279 g/mol. The van der Waals surface area contributed by atoms with Gasteiger partial charge in [-0.3, -0.25) is 9.59 Å². The van der Waals surface area contributed by atoms with Crippen LogP contribution in [0.3, 0.4) is 0 Å². The topological polar surface area (TPSA) is 128 Å². The third-order valence-electron chi connectivity index (χ3n) is 2.55. The summed E-state index contributed by atoms with van der Waals surface area (Å²) in [6.45, 7) is -0.272. The number of nitrogens with two attached hydrogens (primary N) is 3. The lowest BCUT2D eigenvalue weighted by Gasteiger charge is -2.23. The quantitative estimate of drug-likeness (QED) is 0.645. The monoisotopic (exact) mass is 279 g/mol. The van der Waals surface area contributed by atoms with Crippen LogP contribution >= 0.6 is 11.3 Å². The van der Waals surface area contributed by atoms with Gasteiger partial charge in [-0.2, -0.15) is 0 Å². The molecule has 0 aliphatic rings. The molecule has 2 amide bonds. The van der Waals surface area contributed by atoms with Crippen molar-refractivity contribution >= 4 is 44.7 Å². The Morgan fingerprint density at radius 3 is 2.42 bits per heavy atom. The molecule has 0 spiro atoms. The second-order valence-electron chi connectivity index (χ2n) is 3.99. The average Bonchev–Trinajstić information content (AvgIpc) is 2.76. The summed E-state index contributed by atoms with van der Waals surface area (Å²) in [5, 5.41) is 0. The van der Waals surface area contributed by atoms with Gasteiger partial charge in [0.2, 0.25) is 11.8 Å². The van der Waals surface area contributed by atoms with Crippen LogP contribution in [-0.4, -0.2) is 29.9 Å². The first kappa shape index (κ1) is 13.1. The highest BCUT2D eigenvalue weighted by Gasteiger charge is 2.17. The lowest BCUT2D eigenvalue weighted by Crippen LogP contribution is -2.40. The van der Waals surface area contributed by atoms with Crippen LogP contribution in [0.5, 0.6) is 0 Å². The van der Waals surface area contributed by atoms with Gasteiger partial charge in [0.1, 0.15) is 5.52 Å². The van der Waals surface area contributed by atoms with Crippen molar-refractivity contribution in [2.24, 2.45) is 11.5 Å². The molecule has 1 aromatic carbocycles. The molecule has 0 radical (unpaired) electrons. The van der Waals surface area contributed by atoms with Gasteiger partial charge in [0.15, 0.2) is 0 Å². The molecule has 1 aromatic heterocycles. The fourth-order valence-electron chi connectivity index (χ4n) is 1.82. The van der Waals surface area contributed by atoms with Crippen molar-refractivity contribution in [1.82, 2.24) is 4.98 Å². The van der Waals surface area contributed by atoms with E-state index in [-0.39, 0.29) is 13.1 Å². The van der Waals surface area contributed by atoms with Gasteiger partial charge in [-0.15, -0.1) is 11.3 Å². The van der Waals surface area contributed by atoms with Crippen molar-refractivity contribution in [3.8, 4) is 0 Å². The van der Waals surface area contributed by atoms with Gasteiger partial charge in [0.25, 0.3) is 0 Å². The van der Waals surface area contributed by atoms with Crippen LogP contribution in [-0.2, 0) is 9.59 Å². The van der Waals surface area contributed by atoms with Crippen LogP contribution < -0.4 is 22.1 Å². The molecule has 7 nitrogen and oxygen atoms in total. The molecule has 0 aliphatic heterocycles. The molecule has 2 aromatic rings.